The van der Waals surface area contributed by atoms with Crippen LogP contribution in [-0.4, -0.2) is 42.0 Å². The van der Waals surface area contributed by atoms with E-state index in [1.807, 2.05) is 13.8 Å². The number of hydrogen-bond donors (Lipinski definition) is 1. The minimum absolute atomic E-state index is 0.0529. The number of morpholine rings is 1. The molecule has 2 unspecified atom stereocenters. The van der Waals surface area contributed by atoms with Crippen LogP contribution in [0.25, 0.3) is 0 Å². The van der Waals surface area contributed by atoms with Gasteiger partial charge < -0.3 is 15.0 Å². The third-order valence-electron chi connectivity index (χ3n) is 4.23. The number of ether oxygens (including phenoxy) is 1. The van der Waals surface area contributed by atoms with Crippen LogP contribution in [0.2, 0.25) is 0 Å². The Morgan fingerprint density at radius 3 is 2.23 bits per heavy atom. The normalized spacial score (nSPS) is 19.9. The highest BCUT2D eigenvalue weighted by Gasteiger charge is 2.28. The van der Waals surface area contributed by atoms with Crippen LogP contribution in [0.1, 0.15) is 34.6 Å². The summed E-state index contributed by atoms with van der Waals surface area (Å²) in [7, 11) is 0. The molecule has 2 aromatic carbocycles. The van der Waals surface area contributed by atoms with Gasteiger partial charge in [-0.25, -0.2) is 4.39 Å². The van der Waals surface area contributed by atoms with Crippen molar-refractivity contribution >= 4 is 17.5 Å². The van der Waals surface area contributed by atoms with Gasteiger partial charge in [0.25, 0.3) is 11.8 Å². The molecule has 2 aromatic rings. The smallest absolute Gasteiger partial charge is 0.258 e. The fraction of sp³-hybridized carbons (Fsp3) is 0.300. The van der Waals surface area contributed by atoms with Gasteiger partial charge in [-0.3, -0.25) is 9.59 Å². The predicted octanol–water partition coefficient (Wildman–Crippen LogP) is 3.33. The first-order chi connectivity index (χ1) is 12.5. The molecular formula is C20H21FN2O3. The molecule has 0 aliphatic carbocycles. The van der Waals surface area contributed by atoms with Crippen LogP contribution in [0.4, 0.5) is 10.1 Å². The van der Waals surface area contributed by atoms with Gasteiger partial charge in [0, 0.05) is 13.1 Å². The molecule has 26 heavy (non-hydrogen) atoms. The van der Waals surface area contributed by atoms with E-state index in [-0.39, 0.29) is 23.7 Å². The number of hydrogen-bond acceptors (Lipinski definition) is 3. The molecule has 1 aliphatic rings. The third kappa shape index (κ3) is 3.91. The number of benzene rings is 2. The molecule has 5 nitrogen and oxygen atoms in total. The molecule has 2 atom stereocenters. The highest BCUT2D eigenvalue weighted by atomic mass is 19.1. The number of nitrogens with one attached hydrogen (secondary N) is 1. The SMILES string of the molecule is CC1CN(C(=O)c2ccccc2NC(=O)c2ccccc2F)CC(C)O1. The summed E-state index contributed by atoms with van der Waals surface area (Å²) in [5, 5.41) is 2.65. The summed E-state index contributed by atoms with van der Waals surface area (Å²) >= 11 is 0. The van der Waals surface area contributed by atoms with Gasteiger partial charge in [0.15, 0.2) is 0 Å². The van der Waals surface area contributed by atoms with Crippen molar-refractivity contribution in [2.24, 2.45) is 0 Å². The molecular weight excluding hydrogens is 335 g/mol. The zero-order chi connectivity index (χ0) is 18.7. The predicted molar refractivity (Wildman–Crippen MR) is 96.7 cm³/mol. The lowest BCUT2D eigenvalue weighted by atomic mass is 10.1. The van der Waals surface area contributed by atoms with Crippen molar-refractivity contribution in [3.05, 3.63) is 65.5 Å². The van der Waals surface area contributed by atoms with Gasteiger partial charge in [0.1, 0.15) is 5.82 Å². The lowest BCUT2D eigenvalue weighted by molar-refractivity contribution is -0.0585. The molecule has 1 N–H and O–H groups in total. The fourth-order valence-electron chi connectivity index (χ4n) is 3.13. The summed E-state index contributed by atoms with van der Waals surface area (Å²) in [5.74, 6) is -1.38. The molecule has 1 aliphatic heterocycles. The first-order valence-corrected chi connectivity index (χ1v) is 8.55. The molecule has 136 valence electrons. The minimum atomic E-state index is -0.607. The number of rotatable bonds is 3. The van der Waals surface area contributed by atoms with E-state index < -0.39 is 11.7 Å². The molecule has 1 fully saturated rings. The van der Waals surface area contributed by atoms with Crippen LogP contribution < -0.4 is 5.32 Å². The standard InChI is InChI=1S/C20H21FN2O3/c1-13-11-23(12-14(2)26-13)20(25)16-8-4-6-10-18(16)22-19(24)15-7-3-5-9-17(15)21/h3-10,13-14H,11-12H2,1-2H3,(H,22,24). The fourth-order valence-corrected chi connectivity index (χ4v) is 3.13. The van der Waals surface area contributed by atoms with Crippen LogP contribution in [0.5, 0.6) is 0 Å². The number of amides is 2. The van der Waals surface area contributed by atoms with E-state index in [2.05, 4.69) is 5.32 Å². The monoisotopic (exact) mass is 356 g/mol. The third-order valence-corrected chi connectivity index (χ3v) is 4.23. The lowest BCUT2D eigenvalue weighted by Gasteiger charge is -2.35. The summed E-state index contributed by atoms with van der Waals surface area (Å²) in [6.45, 7) is 4.81. The van der Waals surface area contributed by atoms with Crippen molar-refractivity contribution < 1.29 is 18.7 Å². The first-order valence-electron chi connectivity index (χ1n) is 8.55. The number of anilines is 1. The van der Waals surface area contributed by atoms with Gasteiger partial charge >= 0.3 is 0 Å². The molecule has 0 radical (unpaired) electrons. The Labute approximate surface area is 151 Å². The van der Waals surface area contributed by atoms with Crippen LogP contribution >= 0.6 is 0 Å². The molecule has 0 saturated carbocycles. The Morgan fingerprint density at radius 2 is 1.58 bits per heavy atom. The number of halogens is 1. The number of nitrogens with zero attached hydrogens (tertiary/aromatic N) is 1. The highest BCUT2D eigenvalue weighted by Crippen LogP contribution is 2.21. The van der Waals surface area contributed by atoms with Crippen molar-refractivity contribution in [1.82, 2.24) is 4.90 Å². The topological polar surface area (TPSA) is 58.6 Å². The Hall–Kier alpha value is -2.73. The molecule has 1 saturated heterocycles. The molecule has 0 bridgehead atoms. The summed E-state index contributed by atoms with van der Waals surface area (Å²) in [6, 6.07) is 12.5. The summed E-state index contributed by atoms with van der Waals surface area (Å²) in [5.41, 5.74) is 0.666. The number of carbonyl (C=O) groups is 2. The van der Waals surface area contributed by atoms with E-state index in [4.69, 9.17) is 4.74 Å². The van der Waals surface area contributed by atoms with Gasteiger partial charge in [-0.2, -0.15) is 0 Å². The summed E-state index contributed by atoms with van der Waals surface area (Å²) < 4.78 is 19.5. The van der Waals surface area contributed by atoms with Gasteiger partial charge in [0.05, 0.1) is 29.0 Å². The zero-order valence-electron chi connectivity index (χ0n) is 14.7. The largest absolute Gasteiger partial charge is 0.372 e. The zero-order valence-corrected chi connectivity index (χ0v) is 14.7. The maximum absolute atomic E-state index is 13.8. The van der Waals surface area contributed by atoms with E-state index in [0.717, 1.165) is 0 Å². The summed E-state index contributed by atoms with van der Waals surface area (Å²) in [6.07, 6.45) is -0.106. The van der Waals surface area contributed by atoms with E-state index in [0.29, 0.717) is 24.3 Å². The van der Waals surface area contributed by atoms with E-state index in [9.17, 15) is 14.0 Å². The Kier molecular flexibility index (Phi) is 5.32. The maximum atomic E-state index is 13.8. The second-order valence-electron chi connectivity index (χ2n) is 6.45. The van der Waals surface area contributed by atoms with Crippen LogP contribution in [0.15, 0.2) is 48.5 Å². The second-order valence-corrected chi connectivity index (χ2v) is 6.45. The van der Waals surface area contributed by atoms with E-state index in [1.54, 1.807) is 35.2 Å². The van der Waals surface area contributed by atoms with E-state index >= 15 is 0 Å². The number of para-hydroxylation sites is 1. The summed E-state index contributed by atoms with van der Waals surface area (Å²) in [4.78, 5) is 27.1. The number of carbonyl (C=O) groups excluding carboxylic acids is 2. The first kappa shape index (κ1) is 18.1. The van der Waals surface area contributed by atoms with Crippen molar-refractivity contribution in [3.8, 4) is 0 Å². The molecule has 6 heteroatoms. The maximum Gasteiger partial charge on any atom is 0.258 e. The van der Waals surface area contributed by atoms with Gasteiger partial charge in [-0.1, -0.05) is 24.3 Å². The Balaban J connectivity index is 1.83. The molecule has 2 amide bonds. The Bertz CT molecular complexity index is 814. The van der Waals surface area contributed by atoms with Gasteiger partial charge in [-0.15, -0.1) is 0 Å². The van der Waals surface area contributed by atoms with Crippen molar-refractivity contribution in [1.29, 1.82) is 0 Å². The molecule has 0 aromatic heterocycles. The minimum Gasteiger partial charge on any atom is -0.372 e. The van der Waals surface area contributed by atoms with Crippen LogP contribution in [-0.2, 0) is 4.74 Å². The molecule has 0 spiro atoms. The molecule has 3 rings (SSSR count). The highest BCUT2D eigenvalue weighted by molar-refractivity contribution is 6.09. The molecule has 1 heterocycles. The quantitative estimate of drug-likeness (QED) is 0.918. The van der Waals surface area contributed by atoms with Crippen molar-refractivity contribution in [2.45, 2.75) is 26.1 Å². The second kappa shape index (κ2) is 7.66. The van der Waals surface area contributed by atoms with Gasteiger partial charge in [0.2, 0.25) is 0 Å². The average Bonchev–Trinajstić information content (AvgIpc) is 2.61. The Morgan fingerprint density at radius 1 is 1.00 bits per heavy atom. The van der Waals surface area contributed by atoms with Crippen LogP contribution in [0, 0.1) is 5.82 Å². The average molecular weight is 356 g/mol. The lowest BCUT2D eigenvalue weighted by Crippen LogP contribution is -2.48. The van der Waals surface area contributed by atoms with Gasteiger partial charge in [-0.05, 0) is 38.1 Å². The van der Waals surface area contributed by atoms with E-state index in [1.165, 1.54) is 18.2 Å². The van der Waals surface area contributed by atoms with Crippen molar-refractivity contribution in [2.75, 3.05) is 18.4 Å². The van der Waals surface area contributed by atoms with Crippen molar-refractivity contribution in [3.63, 3.8) is 0 Å². The van der Waals surface area contributed by atoms with Crippen LogP contribution in [0.3, 0.4) is 0 Å².